The molecule has 1 N–H and O–H groups in total. The monoisotopic (exact) mass is 252 g/mol. The summed E-state index contributed by atoms with van der Waals surface area (Å²) < 4.78 is 13.7. The van der Waals surface area contributed by atoms with Crippen molar-refractivity contribution >= 4 is 34.0 Å². The van der Waals surface area contributed by atoms with Gasteiger partial charge in [-0.05, 0) is 25.1 Å². The second kappa shape index (κ2) is 4.67. The molecule has 0 radical (unpaired) electrons. The van der Waals surface area contributed by atoms with Gasteiger partial charge < -0.3 is 5.32 Å². The first-order valence-corrected chi connectivity index (χ1v) is 5.56. The number of aryl methyl sites for hydroxylation is 1. The maximum absolute atomic E-state index is 13.7. The van der Waals surface area contributed by atoms with Crippen LogP contribution in [0.3, 0.4) is 0 Å². The number of halogens is 2. The van der Waals surface area contributed by atoms with E-state index in [2.05, 4.69) is 10.3 Å². The van der Waals surface area contributed by atoms with Gasteiger partial charge in [0, 0.05) is 22.7 Å². The zero-order valence-corrected chi connectivity index (χ0v) is 9.88. The molecule has 0 unspecified atom stereocenters. The Balaban J connectivity index is 2.61. The molecule has 0 saturated heterocycles. The van der Waals surface area contributed by atoms with Crippen molar-refractivity contribution in [3.05, 3.63) is 35.9 Å². The highest BCUT2D eigenvalue weighted by Gasteiger charge is 2.10. The van der Waals surface area contributed by atoms with E-state index in [0.717, 1.165) is 11.1 Å². The van der Waals surface area contributed by atoms with Gasteiger partial charge in [-0.1, -0.05) is 0 Å². The molecular weight excluding hydrogens is 243 g/mol. The van der Waals surface area contributed by atoms with Gasteiger partial charge >= 0.3 is 0 Å². The van der Waals surface area contributed by atoms with E-state index in [1.807, 2.05) is 0 Å². The van der Waals surface area contributed by atoms with Gasteiger partial charge in [0.05, 0.1) is 5.69 Å². The van der Waals surface area contributed by atoms with Crippen LogP contribution in [0, 0.1) is 12.7 Å². The molecule has 1 heterocycles. The summed E-state index contributed by atoms with van der Waals surface area (Å²) in [6.45, 7) is 1.80. The number of fused-ring (bicyclic) bond motifs is 1. The standard InChI is InChI=1S/C12H10ClFN2O/c1-7-4-9-8(6-15-7)2-3-10(14)12(9)16-11(17)5-13/h2-4,6H,5H2,1H3,(H,16,17). The Bertz CT molecular complexity index is 581. The molecule has 0 aliphatic carbocycles. The van der Waals surface area contributed by atoms with Crippen LogP contribution < -0.4 is 5.32 Å². The van der Waals surface area contributed by atoms with E-state index >= 15 is 0 Å². The number of rotatable bonds is 2. The fourth-order valence-electron chi connectivity index (χ4n) is 1.59. The smallest absolute Gasteiger partial charge is 0.239 e. The molecule has 0 bridgehead atoms. The van der Waals surface area contributed by atoms with Crippen molar-refractivity contribution in [2.24, 2.45) is 0 Å². The molecule has 1 amide bonds. The molecule has 2 rings (SSSR count). The number of carbonyl (C=O) groups is 1. The van der Waals surface area contributed by atoms with Gasteiger partial charge in [0.1, 0.15) is 11.7 Å². The first-order chi connectivity index (χ1) is 8.11. The lowest BCUT2D eigenvalue weighted by molar-refractivity contribution is -0.113. The van der Waals surface area contributed by atoms with Gasteiger partial charge in [0.15, 0.2) is 0 Å². The van der Waals surface area contributed by atoms with Crippen molar-refractivity contribution in [1.29, 1.82) is 0 Å². The van der Waals surface area contributed by atoms with E-state index in [1.165, 1.54) is 6.07 Å². The van der Waals surface area contributed by atoms with Gasteiger partial charge in [-0.2, -0.15) is 0 Å². The Hall–Kier alpha value is -1.68. The largest absolute Gasteiger partial charge is 0.322 e. The summed E-state index contributed by atoms with van der Waals surface area (Å²) in [7, 11) is 0. The van der Waals surface area contributed by atoms with Crippen molar-refractivity contribution in [1.82, 2.24) is 4.98 Å². The predicted molar refractivity (Wildman–Crippen MR) is 65.8 cm³/mol. The molecule has 1 aromatic heterocycles. The minimum atomic E-state index is -0.485. The van der Waals surface area contributed by atoms with Gasteiger partial charge in [-0.15, -0.1) is 11.6 Å². The third-order valence-corrected chi connectivity index (χ3v) is 2.62. The quantitative estimate of drug-likeness (QED) is 0.835. The average Bonchev–Trinajstić information content (AvgIpc) is 2.32. The SMILES string of the molecule is Cc1cc2c(NC(=O)CCl)c(F)ccc2cn1. The molecule has 1 aromatic carbocycles. The fourth-order valence-corrected chi connectivity index (χ4v) is 1.66. The van der Waals surface area contributed by atoms with Crippen molar-refractivity contribution in [3.63, 3.8) is 0 Å². The molecule has 0 aliphatic heterocycles. The van der Waals surface area contributed by atoms with Crippen LogP contribution in [0.2, 0.25) is 0 Å². The summed E-state index contributed by atoms with van der Waals surface area (Å²) in [6.07, 6.45) is 1.64. The normalized spacial score (nSPS) is 10.5. The number of nitrogens with zero attached hydrogens (tertiary/aromatic N) is 1. The van der Waals surface area contributed by atoms with E-state index in [4.69, 9.17) is 11.6 Å². The minimum Gasteiger partial charge on any atom is -0.322 e. The summed E-state index contributed by atoms with van der Waals surface area (Å²) in [5.41, 5.74) is 0.906. The number of benzene rings is 1. The number of hydrogen-bond acceptors (Lipinski definition) is 2. The highest BCUT2D eigenvalue weighted by molar-refractivity contribution is 6.29. The topological polar surface area (TPSA) is 42.0 Å². The summed E-state index contributed by atoms with van der Waals surface area (Å²) in [5.74, 6) is -1.13. The number of carbonyl (C=O) groups excluding carboxylic acids is 1. The molecule has 0 aliphatic rings. The number of pyridine rings is 1. The van der Waals surface area contributed by atoms with E-state index in [0.29, 0.717) is 5.39 Å². The number of alkyl halides is 1. The Morgan fingerprint density at radius 2 is 2.29 bits per heavy atom. The van der Waals surface area contributed by atoms with E-state index in [1.54, 1.807) is 25.3 Å². The molecule has 17 heavy (non-hydrogen) atoms. The molecule has 0 saturated carbocycles. The highest BCUT2D eigenvalue weighted by atomic mass is 35.5. The third kappa shape index (κ3) is 2.36. The molecule has 88 valence electrons. The Morgan fingerprint density at radius 3 is 3.00 bits per heavy atom. The third-order valence-electron chi connectivity index (χ3n) is 2.37. The predicted octanol–water partition coefficient (Wildman–Crippen LogP) is 2.86. The molecular formula is C12H10ClFN2O. The van der Waals surface area contributed by atoms with Gasteiger partial charge in [-0.25, -0.2) is 4.39 Å². The molecule has 0 atom stereocenters. The average molecular weight is 253 g/mol. The Morgan fingerprint density at radius 1 is 1.53 bits per heavy atom. The van der Waals surface area contributed by atoms with E-state index in [-0.39, 0.29) is 11.6 Å². The molecule has 2 aromatic rings. The van der Waals surface area contributed by atoms with Crippen LogP contribution in [-0.4, -0.2) is 16.8 Å². The van der Waals surface area contributed by atoms with Crippen LogP contribution in [0.1, 0.15) is 5.69 Å². The van der Waals surface area contributed by atoms with Crippen LogP contribution in [0.5, 0.6) is 0 Å². The minimum absolute atomic E-state index is 0.152. The zero-order chi connectivity index (χ0) is 12.4. The van der Waals surface area contributed by atoms with Gasteiger partial charge in [-0.3, -0.25) is 9.78 Å². The Labute approximate surface area is 103 Å². The molecule has 3 nitrogen and oxygen atoms in total. The van der Waals surface area contributed by atoms with Crippen LogP contribution in [0.15, 0.2) is 24.4 Å². The van der Waals surface area contributed by atoms with Crippen molar-refractivity contribution in [2.75, 3.05) is 11.2 Å². The molecule has 0 fully saturated rings. The van der Waals surface area contributed by atoms with Crippen molar-refractivity contribution in [2.45, 2.75) is 6.92 Å². The van der Waals surface area contributed by atoms with Crippen LogP contribution >= 0.6 is 11.6 Å². The number of amides is 1. The summed E-state index contributed by atoms with van der Waals surface area (Å²) >= 11 is 5.39. The maximum atomic E-state index is 13.7. The lowest BCUT2D eigenvalue weighted by atomic mass is 10.1. The summed E-state index contributed by atoms with van der Waals surface area (Å²) in [5, 5.41) is 3.84. The summed E-state index contributed by atoms with van der Waals surface area (Å²) in [4.78, 5) is 15.4. The molecule has 5 heteroatoms. The second-order valence-corrected chi connectivity index (χ2v) is 3.92. The van der Waals surface area contributed by atoms with Crippen molar-refractivity contribution < 1.29 is 9.18 Å². The van der Waals surface area contributed by atoms with Crippen LogP contribution in [-0.2, 0) is 4.79 Å². The van der Waals surface area contributed by atoms with Gasteiger partial charge in [0.2, 0.25) is 5.91 Å². The number of aromatic nitrogens is 1. The Kier molecular flexibility index (Phi) is 3.24. The molecule has 0 spiro atoms. The van der Waals surface area contributed by atoms with Crippen molar-refractivity contribution in [3.8, 4) is 0 Å². The zero-order valence-electron chi connectivity index (χ0n) is 9.13. The lowest BCUT2D eigenvalue weighted by Crippen LogP contribution is -2.14. The number of nitrogens with one attached hydrogen (secondary N) is 1. The van der Waals surface area contributed by atoms with E-state index in [9.17, 15) is 9.18 Å². The highest BCUT2D eigenvalue weighted by Crippen LogP contribution is 2.26. The fraction of sp³-hybridized carbons (Fsp3) is 0.167. The lowest BCUT2D eigenvalue weighted by Gasteiger charge is -2.09. The maximum Gasteiger partial charge on any atom is 0.239 e. The first kappa shape index (κ1) is 11.8. The first-order valence-electron chi connectivity index (χ1n) is 5.02. The number of anilines is 1. The van der Waals surface area contributed by atoms with Crippen LogP contribution in [0.4, 0.5) is 10.1 Å². The van der Waals surface area contributed by atoms with E-state index < -0.39 is 11.7 Å². The van der Waals surface area contributed by atoms with Crippen LogP contribution in [0.25, 0.3) is 10.8 Å². The summed E-state index contributed by atoms with van der Waals surface area (Å²) in [6, 6.07) is 4.64. The van der Waals surface area contributed by atoms with Gasteiger partial charge in [0.25, 0.3) is 0 Å². The second-order valence-electron chi connectivity index (χ2n) is 3.65. The number of hydrogen-bond donors (Lipinski definition) is 1.